The SMILES string of the molecule is C[C@]12CCC[C@@H]1[C@@H]1C[C@H]3C(=O)[C@@](C)(CC[C@H]3O)[C@H]1CC2. The second-order valence-corrected chi connectivity index (χ2v) is 8.69. The monoisotopic (exact) mass is 276 g/mol. The molecule has 1 N–H and O–H groups in total. The highest BCUT2D eigenvalue weighted by molar-refractivity contribution is 5.89. The summed E-state index contributed by atoms with van der Waals surface area (Å²) in [6.07, 6.45) is 9.11. The van der Waals surface area contributed by atoms with Crippen LogP contribution in [-0.2, 0) is 4.79 Å². The van der Waals surface area contributed by atoms with Crippen LogP contribution >= 0.6 is 0 Å². The van der Waals surface area contributed by atoms with Gasteiger partial charge in [0.05, 0.1) is 6.10 Å². The Labute approximate surface area is 122 Å². The number of rotatable bonds is 0. The summed E-state index contributed by atoms with van der Waals surface area (Å²) in [5.41, 5.74) is 0.425. The average molecular weight is 276 g/mol. The predicted molar refractivity (Wildman–Crippen MR) is 78.1 cm³/mol. The van der Waals surface area contributed by atoms with E-state index in [0.717, 1.165) is 25.2 Å². The minimum Gasteiger partial charge on any atom is -0.392 e. The van der Waals surface area contributed by atoms with Gasteiger partial charge in [-0.05, 0) is 68.1 Å². The maximum Gasteiger partial charge on any atom is 0.144 e. The van der Waals surface area contributed by atoms with Gasteiger partial charge in [0, 0.05) is 11.3 Å². The quantitative estimate of drug-likeness (QED) is 0.734. The number of carbonyl (C=O) groups excluding carboxylic acids is 1. The molecule has 0 aromatic heterocycles. The van der Waals surface area contributed by atoms with E-state index in [0.29, 0.717) is 23.0 Å². The van der Waals surface area contributed by atoms with Crippen molar-refractivity contribution in [1.29, 1.82) is 0 Å². The number of Topliss-reactive ketones (excluding diaryl/α,β-unsaturated/α-hetero) is 1. The van der Waals surface area contributed by atoms with E-state index < -0.39 is 0 Å². The Balaban J connectivity index is 1.72. The molecular weight excluding hydrogens is 248 g/mol. The van der Waals surface area contributed by atoms with E-state index in [1.807, 2.05) is 0 Å². The molecule has 0 aromatic rings. The minimum atomic E-state index is -0.355. The van der Waals surface area contributed by atoms with Crippen molar-refractivity contribution >= 4 is 5.78 Å². The lowest BCUT2D eigenvalue weighted by molar-refractivity contribution is -0.167. The number of aliphatic hydroxyl groups excluding tert-OH is 1. The number of fused-ring (bicyclic) bond motifs is 6. The molecule has 4 fully saturated rings. The molecule has 20 heavy (non-hydrogen) atoms. The molecule has 0 aromatic carbocycles. The fraction of sp³-hybridized carbons (Fsp3) is 0.944. The van der Waals surface area contributed by atoms with Crippen molar-refractivity contribution in [3.8, 4) is 0 Å². The molecule has 0 spiro atoms. The number of hydrogen-bond acceptors (Lipinski definition) is 2. The van der Waals surface area contributed by atoms with Crippen LogP contribution in [0.15, 0.2) is 0 Å². The molecule has 7 atom stereocenters. The number of aliphatic hydroxyl groups is 1. The maximum atomic E-state index is 12.8. The molecule has 0 aliphatic heterocycles. The van der Waals surface area contributed by atoms with E-state index in [4.69, 9.17) is 0 Å². The van der Waals surface area contributed by atoms with Gasteiger partial charge in [-0.15, -0.1) is 0 Å². The molecule has 0 unspecified atom stereocenters. The van der Waals surface area contributed by atoms with Gasteiger partial charge in [0.15, 0.2) is 0 Å². The van der Waals surface area contributed by atoms with Gasteiger partial charge in [0.25, 0.3) is 0 Å². The van der Waals surface area contributed by atoms with E-state index in [9.17, 15) is 9.90 Å². The Morgan fingerprint density at radius 1 is 1.05 bits per heavy atom. The Hall–Kier alpha value is -0.370. The molecule has 4 rings (SSSR count). The summed E-state index contributed by atoms with van der Waals surface area (Å²) in [6.45, 7) is 4.72. The normalized spacial score (nSPS) is 58.1. The van der Waals surface area contributed by atoms with E-state index >= 15 is 0 Å². The molecule has 0 heterocycles. The van der Waals surface area contributed by atoms with Crippen LogP contribution in [0.5, 0.6) is 0 Å². The van der Waals surface area contributed by atoms with Gasteiger partial charge in [0.2, 0.25) is 0 Å². The van der Waals surface area contributed by atoms with Gasteiger partial charge < -0.3 is 5.11 Å². The van der Waals surface area contributed by atoms with Gasteiger partial charge in [-0.25, -0.2) is 0 Å². The van der Waals surface area contributed by atoms with Gasteiger partial charge >= 0.3 is 0 Å². The predicted octanol–water partition coefficient (Wildman–Crippen LogP) is 3.57. The van der Waals surface area contributed by atoms with E-state index in [1.54, 1.807) is 0 Å². The third-order valence-electron chi connectivity index (χ3n) is 7.89. The van der Waals surface area contributed by atoms with Crippen LogP contribution in [0.25, 0.3) is 0 Å². The topological polar surface area (TPSA) is 37.3 Å². The fourth-order valence-corrected chi connectivity index (χ4v) is 6.70. The first-order valence-corrected chi connectivity index (χ1v) is 8.68. The highest BCUT2D eigenvalue weighted by Crippen LogP contribution is 2.64. The van der Waals surface area contributed by atoms with E-state index in [-0.39, 0.29) is 17.4 Å². The van der Waals surface area contributed by atoms with Crippen LogP contribution in [-0.4, -0.2) is 17.0 Å². The zero-order valence-electron chi connectivity index (χ0n) is 12.9. The van der Waals surface area contributed by atoms with Gasteiger partial charge in [-0.3, -0.25) is 4.79 Å². The summed E-state index contributed by atoms with van der Waals surface area (Å²) >= 11 is 0. The largest absolute Gasteiger partial charge is 0.392 e. The molecule has 112 valence electrons. The summed E-state index contributed by atoms with van der Waals surface area (Å²) in [7, 11) is 0. The molecule has 2 nitrogen and oxygen atoms in total. The van der Waals surface area contributed by atoms with E-state index in [2.05, 4.69) is 13.8 Å². The summed E-state index contributed by atoms with van der Waals surface area (Å²) < 4.78 is 0. The Morgan fingerprint density at radius 2 is 1.85 bits per heavy atom. The first-order chi connectivity index (χ1) is 9.46. The highest BCUT2D eigenvalue weighted by Gasteiger charge is 2.61. The third-order valence-corrected chi connectivity index (χ3v) is 7.89. The van der Waals surface area contributed by atoms with E-state index in [1.165, 1.54) is 32.1 Å². The van der Waals surface area contributed by atoms with Crippen LogP contribution < -0.4 is 0 Å². The second-order valence-electron chi connectivity index (χ2n) is 8.69. The summed E-state index contributed by atoms with van der Waals surface area (Å²) in [5, 5.41) is 10.3. The van der Waals surface area contributed by atoms with Crippen molar-refractivity contribution in [2.75, 3.05) is 0 Å². The average Bonchev–Trinajstić information content (AvgIpc) is 2.80. The zero-order chi connectivity index (χ0) is 14.1. The molecule has 2 bridgehead atoms. The summed E-state index contributed by atoms with van der Waals surface area (Å²) in [4.78, 5) is 12.8. The number of ketones is 1. The van der Waals surface area contributed by atoms with Gasteiger partial charge in [-0.1, -0.05) is 20.3 Å². The Bertz CT molecular complexity index is 445. The molecular formula is C18H28O2. The molecule has 0 radical (unpaired) electrons. The fourth-order valence-electron chi connectivity index (χ4n) is 6.70. The Kier molecular flexibility index (Phi) is 2.72. The lowest BCUT2D eigenvalue weighted by Gasteiger charge is -2.59. The van der Waals surface area contributed by atoms with Gasteiger partial charge in [-0.2, -0.15) is 0 Å². The maximum absolute atomic E-state index is 12.8. The van der Waals surface area contributed by atoms with Crippen molar-refractivity contribution in [3.63, 3.8) is 0 Å². The molecule has 0 saturated heterocycles. The van der Waals surface area contributed by atoms with Crippen LogP contribution in [0, 0.1) is 34.5 Å². The standard InChI is InChI=1S/C18H28O2/c1-17-7-3-4-13(17)11-10-12-15(19)6-9-18(2,16(12)20)14(11)5-8-17/h11-15,19H,3-10H2,1-2H3/t11-,12+,13+,14-,15+,17+,18-/m0/s1. The van der Waals surface area contributed by atoms with Crippen LogP contribution in [0.1, 0.15) is 65.2 Å². The van der Waals surface area contributed by atoms with Gasteiger partial charge in [0.1, 0.15) is 5.78 Å². The lowest BCUT2D eigenvalue weighted by atomic mass is 9.45. The summed E-state index contributed by atoms with van der Waals surface area (Å²) in [6, 6.07) is 0. The van der Waals surface area contributed by atoms with Crippen molar-refractivity contribution in [2.45, 2.75) is 71.3 Å². The molecule has 4 saturated carbocycles. The molecule has 0 amide bonds. The molecule has 4 aliphatic carbocycles. The third kappa shape index (κ3) is 1.52. The molecule has 4 aliphatic rings. The highest BCUT2D eigenvalue weighted by atomic mass is 16.3. The first-order valence-electron chi connectivity index (χ1n) is 8.68. The number of carbonyl (C=O) groups is 1. The van der Waals surface area contributed by atoms with Crippen molar-refractivity contribution in [1.82, 2.24) is 0 Å². The summed E-state index contributed by atoms with van der Waals surface area (Å²) in [5.74, 6) is 2.49. The smallest absolute Gasteiger partial charge is 0.144 e. The number of hydrogen-bond donors (Lipinski definition) is 1. The second kappa shape index (κ2) is 4.09. The van der Waals surface area contributed by atoms with Crippen molar-refractivity contribution < 1.29 is 9.90 Å². The zero-order valence-corrected chi connectivity index (χ0v) is 12.9. The van der Waals surface area contributed by atoms with Crippen LogP contribution in [0.2, 0.25) is 0 Å². The van der Waals surface area contributed by atoms with Crippen LogP contribution in [0.4, 0.5) is 0 Å². The van der Waals surface area contributed by atoms with Crippen LogP contribution in [0.3, 0.4) is 0 Å². The lowest BCUT2D eigenvalue weighted by Crippen LogP contribution is -2.59. The van der Waals surface area contributed by atoms with Crippen molar-refractivity contribution in [3.05, 3.63) is 0 Å². The van der Waals surface area contributed by atoms with Crippen molar-refractivity contribution in [2.24, 2.45) is 34.5 Å². The molecule has 2 heteroatoms. The first kappa shape index (κ1) is 13.3. The minimum absolute atomic E-state index is 0.0436. The Morgan fingerprint density at radius 3 is 2.65 bits per heavy atom.